The molecule has 0 aromatic heterocycles. The van der Waals surface area contributed by atoms with E-state index in [1.165, 1.54) is 44.7 Å². The number of hydrogen-bond acceptors (Lipinski definition) is 6. The van der Waals surface area contributed by atoms with Gasteiger partial charge in [0.2, 0.25) is 0 Å². The Morgan fingerprint density at radius 1 is 1.30 bits per heavy atom. The maximum atomic E-state index is 13.6. The zero-order valence-corrected chi connectivity index (χ0v) is 14.7. The molecule has 27 heavy (non-hydrogen) atoms. The molecule has 11 heteroatoms. The van der Waals surface area contributed by atoms with E-state index in [1.54, 1.807) is 0 Å². The number of urea groups is 1. The van der Waals surface area contributed by atoms with Crippen molar-refractivity contribution >= 4 is 12.0 Å². The van der Waals surface area contributed by atoms with E-state index in [1.807, 2.05) is 0 Å². The second-order valence-electron chi connectivity index (χ2n) is 5.65. The van der Waals surface area contributed by atoms with Crippen molar-refractivity contribution in [1.29, 1.82) is 0 Å². The quantitative estimate of drug-likeness (QED) is 0.656. The van der Waals surface area contributed by atoms with Crippen LogP contribution in [0.4, 0.5) is 18.0 Å². The molecule has 3 atom stereocenters. The number of aliphatic hydroxyl groups is 1. The van der Waals surface area contributed by atoms with Gasteiger partial charge >= 0.3 is 18.2 Å². The summed E-state index contributed by atoms with van der Waals surface area (Å²) in [7, 11) is 2.57. The van der Waals surface area contributed by atoms with Crippen molar-refractivity contribution < 1.29 is 42.1 Å². The number of benzene rings is 1. The third kappa shape index (κ3) is 3.59. The number of para-hydroxylation sites is 1. The Kier molecular flexibility index (Phi) is 5.73. The smallest absolute Gasteiger partial charge is 0.437 e. The monoisotopic (exact) mass is 392 g/mol. The van der Waals surface area contributed by atoms with Gasteiger partial charge in [-0.15, -0.1) is 0 Å². The predicted octanol–water partition coefficient (Wildman–Crippen LogP) is 1.49. The Morgan fingerprint density at radius 3 is 2.48 bits per heavy atom. The molecule has 1 heterocycles. The van der Waals surface area contributed by atoms with E-state index in [0.29, 0.717) is 0 Å². The number of hydrogen-bond donors (Lipinski definition) is 3. The molecule has 3 unspecified atom stereocenters. The summed E-state index contributed by atoms with van der Waals surface area (Å²) in [6, 6.07) is 1.36. The van der Waals surface area contributed by atoms with Crippen molar-refractivity contribution in [3.63, 3.8) is 0 Å². The van der Waals surface area contributed by atoms with Crippen LogP contribution in [0, 0.1) is 5.92 Å². The number of rotatable bonds is 5. The molecule has 3 N–H and O–H groups in total. The minimum absolute atomic E-state index is 0.00558. The topological polar surface area (TPSA) is 106 Å². The fourth-order valence-electron chi connectivity index (χ4n) is 2.95. The van der Waals surface area contributed by atoms with Gasteiger partial charge in [0.05, 0.1) is 26.9 Å². The maximum absolute atomic E-state index is 13.6. The van der Waals surface area contributed by atoms with Gasteiger partial charge in [-0.1, -0.05) is 12.1 Å². The average molecular weight is 392 g/mol. The lowest BCUT2D eigenvalue weighted by molar-refractivity contribution is -0.294. The standard InChI is InChI=1S/C16H19F3N2O6/c1-4-27-13(22)10-11(8-6-5-7-9(25-2)12(8)26-3)20-14(23)21-15(10,24)16(17,18)19/h5-7,10-11,24H,4H2,1-3H3,(H2,20,21,23). The van der Waals surface area contributed by atoms with Crippen LogP contribution in [0.5, 0.6) is 11.5 Å². The highest BCUT2D eigenvalue weighted by atomic mass is 19.4. The maximum Gasteiger partial charge on any atom is 0.437 e. The molecule has 0 radical (unpaired) electrons. The average Bonchev–Trinajstić information content (AvgIpc) is 2.59. The number of ether oxygens (including phenoxy) is 3. The first-order chi connectivity index (χ1) is 12.6. The van der Waals surface area contributed by atoms with E-state index in [4.69, 9.17) is 14.2 Å². The highest BCUT2D eigenvalue weighted by Gasteiger charge is 2.67. The van der Waals surface area contributed by atoms with Gasteiger partial charge in [-0.25, -0.2) is 4.79 Å². The lowest BCUT2D eigenvalue weighted by Crippen LogP contribution is -2.73. The van der Waals surface area contributed by atoms with Crippen molar-refractivity contribution in [2.24, 2.45) is 5.92 Å². The van der Waals surface area contributed by atoms with Crippen LogP contribution in [0.1, 0.15) is 18.5 Å². The van der Waals surface area contributed by atoms with Crippen LogP contribution in [0.15, 0.2) is 18.2 Å². The normalized spacial score (nSPS) is 25.2. The van der Waals surface area contributed by atoms with Crippen molar-refractivity contribution in [1.82, 2.24) is 10.6 Å². The Morgan fingerprint density at radius 2 is 1.96 bits per heavy atom. The Bertz CT molecular complexity index is 727. The molecule has 0 aliphatic carbocycles. The molecule has 1 saturated heterocycles. The second-order valence-corrected chi connectivity index (χ2v) is 5.65. The number of alkyl halides is 3. The van der Waals surface area contributed by atoms with E-state index < -0.39 is 35.9 Å². The second kappa shape index (κ2) is 7.51. The van der Waals surface area contributed by atoms with E-state index >= 15 is 0 Å². The minimum atomic E-state index is -5.35. The molecular formula is C16H19F3N2O6. The molecule has 150 valence electrons. The summed E-state index contributed by atoms with van der Waals surface area (Å²) >= 11 is 0. The van der Waals surface area contributed by atoms with Crippen LogP contribution < -0.4 is 20.1 Å². The van der Waals surface area contributed by atoms with E-state index in [2.05, 4.69) is 5.32 Å². The summed E-state index contributed by atoms with van der Waals surface area (Å²) < 4.78 is 55.8. The van der Waals surface area contributed by atoms with Gasteiger partial charge in [0.25, 0.3) is 5.72 Å². The van der Waals surface area contributed by atoms with Crippen molar-refractivity contribution in [2.75, 3.05) is 20.8 Å². The minimum Gasteiger partial charge on any atom is -0.493 e. The summed E-state index contributed by atoms with van der Waals surface area (Å²) in [5.41, 5.74) is -3.84. The number of esters is 1. The zero-order valence-electron chi connectivity index (χ0n) is 14.7. The summed E-state index contributed by atoms with van der Waals surface area (Å²) in [5.74, 6) is -3.41. The molecule has 2 amide bonds. The van der Waals surface area contributed by atoms with E-state index in [-0.39, 0.29) is 23.7 Å². The van der Waals surface area contributed by atoms with Crippen LogP contribution >= 0.6 is 0 Å². The highest BCUT2D eigenvalue weighted by Crippen LogP contribution is 2.46. The summed E-state index contributed by atoms with van der Waals surface area (Å²) in [5, 5.41) is 13.9. The van der Waals surface area contributed by atoms with Crippen molar-refractivity contribution in [2.45, 2.75) is 24.9 Å². The van der Waals surface area contributed by atoms with Crippen LogP contribution in [0.2, 0.25) is 0 Å². The summed E-state index contributed by atoms with van der Waals surface area (Å²) in [4.78, 5) is 24.2. The molecule has 2 rings (SSSR count). The SMILES string of the molecule is CCOC(=O)C1C(c2cccc(OC)c2OC)NC(=O)NC1(O)C(F)(F)F. The number of carbonyl (C=O) groups is 2. The molecule has 0 bridgehead atoms. The van der Waals surface area contributed by atoms with Gasteiger partial charge in [-0.3, -0.25) is 4.79 Å². The first-order valence-electron chi connectivity index (χ1n) is 7.86. The molecule has 1 aliphatic heterocycles. The molecule has 1 fully saturated rings. The molecule has 1 aromatic carbocycles. The molecule has 1 aromatic rings. The van der Waals surface area contributed by atoms with Crippen LogP contribution in [-0.2, 0) is 9.53 Å². The molecule has 8 nitrogen and oxygen atoms in total. The Labute approximate surface area is 152 Å². The van der Waals surface area contributed by atoms with Crippen molar-refractivity contribution in [3.05, 3.63) is 23.8 Å². The van der Waals surface area contributed by atoms with Crippen LogP contribution in [0.25, 0.3) is 0 Å². The van der Waals surface area contributed by atoms with E-state index in [0.717, 1.165) is 0 Å². The third-order valence-electron chi connectivity index (χ3n) is 4.12. The fourth-order valence-corrected chi connectivity index (χ4v) is 2.95. The van der Waals surface area contributed by atoms with Crippen LogP contribution in [0.3, 0.4) is 0 Å². The van der Waals surface area contributed by atoms with Gasteiger partial charge in [-0.05, 0) is 13.0 Å². The zero-order chi connectivity index (χ0) is 20.4. The Balaban J connectivity index is 2.68. The first kappa shape index (κ1) is 20.6. The molecular weight excluding hydrogens is 373 g/mol. The van der Waals surface area contributed by atoms with Gasteiger partial charge in [0.1, 0.15) is 5.92 Å². The number of halogens is 3. The number of amides is 2. The van der Waals surface area contributed by atoms with E-state index in [9.17, 15) is 27.9 Å². The number of nitrogens with one attached hydrogen (secondary N) is 2. The predicted molar refractivity (Wildman–Crippen MR) is 85.1 cm³/mol. The lowest BCUT2D eigenvalue weighted by atomic mass is 9.81. The van der Waals surface area contributed by atoms with Crippen molar-refractivity contribution in [3.8, 4) is 11.5 Å². The first-order valence-corrected chi connectivity index (χ1v) is 7.86. The third-order valence-corrected chi connectivity index (χ3v) is 4.12. The number of carbonyl (C=O) groups excluding carboxylic acids is 2. The number of methoxy groups -OCH3 is 2. The molecule has 0 spiro atoms. The summed E-state index contributed by atoms with van der Waals surface area (Å²) in [6.45, 7) is 1.18. The van der Waals surface area contributed by atoms with Gasteiger partial charge in [0.15, 0.2) is 11.5 Å². The van der Waals surface area contributed by atoms with Gasteiger partial charge < -0.3 is 30.0 Å². The van der Waals surface area contributed by atoms with Gasteiger partial charge in [0, 0.05) is 5.56 Å². The molecule has 0 saturated carbocycles. The largest absolute Gasteiger partial charge is 0.493 e. The lowest BCUT2D eigenvalue weighted by Gasteiger charge is -2.44. The highest BCUT2D eigenvalue weighted by molar-refractivity contribution is 5.83. The Hall–Kier alpha value is -2.69. The summed E-state index contributed by atoms with van der Waals surface area (Å²) in [6.07, 6.45) is -5.35. The molecule has 1 aliphatic rings. The fraction of sp³-hybridized carbons (Fsp3) is 0.500. The van der Waals surface area contributed by atoms with Gasteiger partial charge in [-0.2, -0.15) is 13.2 Å². The van der Waals surface area contributed by atoms with Crippen LogP contribution in [-0.4, -0.2) is 49.8 Å².